The van der Waals surface area contributed by atoms with Crippen molar-refractivity contribution in [1.29, 1.82) is 0 Å². The maximum atomic E-state index is 13.2. The van der Waals surface area contributed by atoms with Gasteiger partial charge in [0.1, 0.15) is 10.6 Å². The van der Waals surface area contributed by atoms with Gasteiger partial charge in [-0.15, -0.1) is 11.3 Å². The Labute approximate surface area is 125 Å². The van der Waals surface area contributed by atoms with Gasteiger partial charge in [0.2, 0.25) is 0 Å². The monoisotopic (exact) mass is 302 g/mol. The Balaban J connectivity index is 2.29. The number of anilines is 1. The van der Waals surface area contributed by atoms with Gasteiger partial charge in [0.25, 0.3) is 0 Å². The van der Waals surface area contributed by atoms with Crippen LogP contribution in [0, 0.1) is 26.6 Å². The van der Waals surface area contributed by atoms with Gasteiger partial charge in [-0.2, -0.15) is 0 Å². The Morgan fingerprint density at radius 1 is 1.19 bits per heavy atom. The summed E-state index contributed by atoms with van der Waals surface area (Å²) in [5.41, 5.74) is 5.37. The van der Waals surface area contributed by atoms with E-state index in [0.717, 1.165) is 26.9 Å². The Morgan fingerprint density at radius 3 is 2.62 bits per heavy atom. The van der Waals surface area contributed by atoms with Gasteiger partial charge >= 0.3 is 0 Å². The minimum absolute atomic E-state index is 0.266. The van der Waals surface area contributed by atoms with Crippen LogP contribution < -0.4 is 11.3 Å². The molecule has 0 spiro atoms. The SMILES string of the molecule is Cc1cc(F)ccc1-c1nc(NN)c2c(C)c(C)sc2n1. The van der Waals surface area contributed by atoms with Gasteiger partial charge in [0.15, 0.2) is 11.6 Å². The lowest BCUT2D eigenvalue weighted by Gasteiger charge is -2.08. The molecule has 0 radical (unpaired) electrons. The molecule has 2 heterocycles. The van der Waals surface area contributed by atoms with Gasteiger partial charge in [-0.05, 0) is 50.1 Å². The minimum Gasteiger partial charge on any atom is -0.308 e. The number of hydrogen-bond donors (Lipinski definition) is 2. The van der Waals surface area contributed by atoms with Crippen LogP contribution in [0.3, 0.4) is 0 Å². The van der Waals surface area contributed by atoms with E-state index in [1.54, 1.807) is 17.4 Å². The van der Waals surface area contributed by atoms with Gasteiger partial charge in [-0.25, -0.2) is 20.2 Å². The quantitative estimate of drug-likeness (QED) is 0.559. The molecule has 6 heteroatoms. The van der Waals surface area contributed by atoms with Gasteiger partial charge in [0, 0.05) is 10.4 Å². The van der Waals surface area contributed by atoms with Crippen molar-refractivity contribution in [2.45, 2.75) is 20.8 Å². The number of hydrogen-bond acceptors (Lipinski definition) is 5. The van der Waals surface area contributed by atoms with E-state index in [1.807, 2.05) is 20.8 Å². The van der Waals surface area contributed by atoms with Crippen LogP contribution in [0.15, 0.2) is 18.2 Å². The molecule has 0 saturated carbocycles. The van der Waals surface area contributed by atoms with Crippen molar-refractivity contribution in [3.8, 4) is 11.4 Å². The van der Waals surface area contributed by atoms with E-state index in [1.165, 1.54) is 17.0 Å². The van der Waals surface area contributed by atoms with E-state index in [9.17, 15) is 4.39 Å². The second-order valence-corrected chi connectivity index (χ2v) is 6.17. The first-order valence-electron chi connectivity index (χ1n) is 6.52. The van der Waals surface area contributed by atoms with Crippen molar-refractivity contribution in [3.05, 3.63) is 40.0 Å². The first-order chi connectivity index (χ1) is 10.0. The van der Waals surface area contributed by atoms with Crippen molar-refractivity contribution in [2.24, 2.45) is 5.84 Å². The zero-order chi connectivity index (χ0) is 15.1. The number of nitrogens with zero attached hydrogens (tertiary/aromatic N) is 2. The zero-order valence-electron chi connectivity index (χ0n) is 12.0. The second-order valence-electron chi connectivity index (χ2n) is 4.96. The number of halogens is 1. The Morgan fingerprint density at radius 2 is 1.95 bits per heavy atom. The number of hydrazine groups is 1. The third kappa shape index (κ3) is 2.26. The van der Waals surface area contributed by atoms with Crippen molar-refractivity contribution in [1.82, 2.24) is 9.97 Å². The van der Waals surface area contributed by atoms with Crippen molar-refractivity contribution in [3.63, 3.8) is 0 Å². The van der Waals surface area contributed by atoms with Crippen LogP contribution in [-0.2, 0) is 0 Å². The topological polar surface area (TPSA) is 63.8 Å². The fourth-order valence-electron chi connectivity index (χ4n) is 2.35. The van der Waals surface area contributed by atoms with Gasteiger partial charge in [0.05, 0.1) is 5.39 Å². The lowest BCUT2D eigenvalue weighted by Crippen LogP contribution is -2.10. The molecular weight excluding hydrogens is 287 g/mol. The highest BCUT2D eigenvalue weighted by molar-refractivity contribution is 7.18. The number of nitrogen functional groups attached to an aromatic ring is 1. The zero-order valence-corrected chi connectivity index (χ0v) is 12.8. The average Bonchev–Trinajstić information content (AvgIpc) is 2.73. The summed E-state index contributed by atoms with van der Waals surface area (Å²) in [7, 11) is 0. The number of nitrogens with one attached hydrogen (secondary N) is 1. The standard InChI is InChI=1S/C15H15FN4S/c1-7-6-10(16)4-5-11(7)13-18-14(20-17)12-8(2)9(3)21-15(12)19-13/h4-6H,17H2,1-3H3,(H,18,19,20). The van der Waals surface area contributed by atoms with E-state index in [0.29, 0.717) is 11.6 Å². The van der Waals surface area contributed by atoms with Crippen LogP contribution in [0.5, 0.6) is 0 Å². The molecule has 0 unspecified atom stereocenters. The Hall–Kier alpha value is -2.05. The number of nitrogens with two attached hydrogens (primary N) is 1. The number of thiophene rings is 1. The summed E-state index contributed by atoms with van der Waals surface area (Å²) in [6.07, 6.45) is 0. The number of aromatic nitrogens is 2. The molecule has 108 valence electrons. The third-order valence-electron chi connectivity index (χ3n) is 3.59. The van der Waals surface area contributed by atoms with Crippen LogP contribution in [0.25, 0.3) is 21.6 Å². The van der Waals surface area contributed by atoms with Crippen molar-refractivity contribution < 1.29 is 4.39 Å². The first kappa shape index (κ1) is 13.9. The molecule has 0 amide bonds. The van der Waals surface area contributed by atoms with Crippen LogP contribution >= 0.6 is 11.3 Å². The number of fused-ring (bicyclic) bond motifs is 1. The Bertz CT molecular complexity index is 841. The Kier molecular flexibility index (Phi) is 3.35. The molecule has 0 fully saturated rings. The molecule has 0 aliphatic heterocycles. The highest BCUT2D eigenvalue weighted by Gasteiger charge is 2.15. The lowest BCUT2D eigenvalue weighted by atomic mass is 10.1. The highest BCUT2D eigenvalue weighted by Crippen LogP contribution is 2.35. The second kappa shape index (κ2) is 5.05. The number of aryl methyl sites for hydroxylation is 3. The molecule has 3 N–H and O–H groups in total. The molecule has 3 rings (SSSR count). The minimum atomic E-state index is -0.266. The summed E-state index contributed by atoms with van der Waals surface area (Å²) in [5, 5.41) is 0.948. The number of benzene rings is 1. The van der Waals surface area contributed by atoms with Gasteiger partial charge in [-0.1, -0.05) is 0 Å². The molecular formula is C15H15FN4S. The molecule has 0 saturated heterocycles. The highest BCUT2D eigenvalue weighted by atomic mass is 32.1. The third-order valence-corrected chi connectivity index (χ3v) is 4.70. The summed E-state index contributed by atoms with van der Waals surface area (Å²) < 4.78 is 13.2. The molecule has 2 aromatic heterocycles. The summed E-state index contributed by atoms with van der Waals surface area (Å²) in [4.78, 5) is 11.2. The fraction of sp³-hybridized carbons (Fsp3) is 0.200. The molecule has 0 aliphatic rings. The largest absolute Gasteiger partial charge is 0.308 e. The van der Waals surface area contributed by atoms with E-state index in [-0.39, 0.29) is 5.82 Å². The first-order valence-corrected chi connectivity index (χ1v) is 7.33. The average molecular weight is 302 g/mol. The van der Waals surface area contributed by atoms with E-state index in [4.69, 9.17) is 5.84 Å². The summed E-state index contributed by atoms with van der Waals surface area (Å²) in [6.45, 7) is 5.92. The molecule has 4 nitrogen and oxygen atoms in total. The van der Waals surface area contributed by atoms with Crippen molar-refractivity contribution >= 4 is 27.4 Å². The lowest BCUT2D eigenvalue weighted by molar-refractivity contribution is 0.627. The molecule has 0 atom stereocenters. The van der Waals surface area contributed by atoms with Crippen molar-refractivity contribution in [2.75, 3.05) is 5.43 Å². The molecule has 0 aliphatic carbocycles. The summed E-state index contributed by atoms with van der Waals surface area (Å²) in [6, 6.07) is 4.58. The maximum Gasteiger partial charge on any atom is 0.163 e. The van der Waals surface area contributed by atoms with E-state index in [2.05, 4.69) is 15.4 Å². The summed E-state index contributed by atoms with van der Waals surface area (Å²) in [5.74, 6) is 6.49. The fourth-order valence-corrected chi connectivity index (χ4v) is 3.38. The van der Waals surface area contributed by atoms with E-state index >= 15 is 0 Å². The van der Waals surface area contributed by atoms with Crippen LogP contribution in [0.2, 0.25) is 0 Å². The molecule has 21 heavy (non-hydrogen) atoms. The van der Waals surface area contributed by atoms with E-state index < -0.39 is 0 Å². The maximum absolute atomic E-state index is 13.2. The molecule has 3 aromatic rings. The predicted molar refractivity (Wildman–Crippen MR) is 84.8 cm³/mol. The number of rotatable bonds is 2. The van der Waals surface area contributed by atoms with Gasteiger partial charge in [-0.3, -0.25) is 0 Å². The van der Waals surface area contributed by atoms with Crippen LogP contribution in [0.1, 0.15) is 16.0 Å². The van der Waals surface area contributed by atoms with Gasteiger partial charge < -0.3 is 5.43 Å². The smallest absolute Gasteiger partial charge is 0.163 e. The summed E-state index contributed by atoms with van der Waals surface area (Å²) >= 11 is 1.61. The molecule has 1 aromatic carbocycles. The molecule has 0 bridgehead atoms. The normalized spacial score (nSPS) is 11.1. The predicted octanol–water partition coefficient (Wildman–Crippen LogP) is 3.71. The van der Waals surface area contributed by atoms with Crippen LogP contribution in [0.4, 0.5) is 10.2 Å². The van der Waals surface area contributed by atoms with Crippen LogP contribution in [-0.4, -0.2) is 9.97 Å².